The number of carbonyl (C=O) groups excluding carboxylic acids is 1. The molecule has 2 aromatic heterocycles. The van der Waals surface area contributed by atoms with Crippen LogP contribution in [0.2, 0.25) is 0 Å². The van der Waals surface area contributed by atoms with Crippen LogP contribution in [0.5, 0.6) is 0 Å². The lowest BCUT2D eigenvalue weighted by Crippen LogP contribution is -2.24. The molecule has 2 heterocycles. The fourth-order valence-electron chi connectivity index (χ4n) is 2.90. The summed E-state index contributed by atoms with van der Waals surface area (Å²) in [7, 11) is -0.594. The molecule has 0 aliphatic carbocycles. The van der Waals surface area contributed by atoms with Gasteiger partial charge in [0.15, 0.2) is 5.76 Å². The molecular formula is C19H24N4O4S. The first-order valence-corrected chi connectivity index (χ1v) is 10.5. The number of furan rings is 1. The Labute approximate surface area is 164 Å². The molecule has 3 aromatic rings. The minimum atomic E-state index is -3.54. The summed E-state index contributed by atoms with van der Waals surface area (Å²) in [4.78, 5) is 16.8. The lowest BCUT2D eigenvalue weighted by molar-refractivity contribution is 0.0927. The largest absolute Gasteiger partial charge is 0.451 e. The van der Waals surface area contributed by atoms with Gasteiger partial charge in [-0.15, -0.1) is 0 Å². The Morgan fingerprint density at radius 3 is 2.79 bits per heavy atom. The Morgan fingerprint density at radius 2 is 2.07 bits per heavy atom. The van der Waals surface area contributed by atoms with Crippen LogP contribution < -0.4 is 5.32 Å². The highest BCUT2D eigenvalue weighted by atomic mass is 32.2. The van der Waals surface area contributed by atoms with Crippen molar-refractivity contribution >= 4 is 26.9 Å². The first kappa shape index (κ1) is 20.1. The molecule has 1 N–H and O–H groups in total. The molecular weight excluding hydrogens is 380 g/mol. The van der Waals surface area contributed by atoms with Crippen LogP contribution in [0.4, 0.5) is 0 Å². The molecule has 0 saturated carbocycles. The van der Waals surface area contributed by atoms with Crippen molar-refractivity contribution in [2.24, 2.45) is 0 Å². The number of fused-ring (bicyclic) bond motifs is 1. The van der Waals surface area contributed by atoms with Gasteiger partial charge in [0.2, 0.25) is 10.0 Å². The summed E-state index contributed by atoms with van der Waals surface area (Å²) in [5.74, 6) is 0.855. The van der Waals surface area contributed by atoms with Crippen LogP contribution in [0.1, 0.15) is 29.7 Å². The third kappa shape index (κ3) is 4.10. The fourth-order valence-corrected chi connectivity index (χ4v) is 3.84. The number of aromatic nitrogens is 2. The van der Waals surface area contributed by atoms with Crippen LogP contribution in [0.3, 0.4) is 0 Å². The molecule has 3 rings (SSSR count). The molecule has 0 aliphatic heterocycles. The molecule has 0 fully saturated rings. The summed E-state index contributed by atoms with van der Waals surface area (Å²) in [6, 6.07) is 6.10. The standard InChI is InChI=1S/C19H24N4O4S/c1-4-18-20-9-11-23(18)10-5-8-21-19(24)17-13-14-12-15(6-7-16(14)27-17)28(25,26)22(2)3/h6-7,9,11-13H,4-5,8,10H2,1-3H3,(H,21,24). The molecule has 0 saturated heterocycles. The second-order valence-electron chi connectivity index (χ2n) is 6.60. The monoisotopic (exact) mass is 404 g/mol. The Hall–Kier alpha value is -2.65. The van der Waals surface area contributed by atoms with Crippen LogP contribution in [-0.2, 0) is 23.0 Å². The van der Waals surface area contributed by atoms with Gasteiger partial charge in [-0.1, -0.05) is 6.92 Å². The molecule has 150 valence electrons. The molecule has 0 radical (unpaired) electrons. The maximum absolute atomic E-state index is 12.3. The predicted molar refractivity (Wildman–Crippen MR) is 106 cm³/mol. The average molecular weight is 404 g/mol. The number of rotatable bonds is 8. The number of hydrogen-bond acceptors (Lipinski definition) is 5. The molecule has 0 atom stereocenters. The zero-order valence-electron chi connectivity index (χ0n) is 16.2. The molecule has 0 spiro atoms. The van der Waals surface area contributed by atoms with Gasteiger partial charge in [0.25, 0.3) is 5.91 Å². The van der Waals surface area contributed by atoms with E-state index in [1.807, 2.05) is 6.20 Å². The minimum Gasteiger partial charge on any atom is -0.451 e. The highest BCUT2D eigenvalue weighted by Crippen LogP contribution is 2.24. The van der Waals surface area contributed by atoms with Crippen molar-refractivity contribution in [1.29, 1.82) is 0 Å². The van der Waals surface area contributed by atoms with E-state index in [2.05, 4.69) is 21.8 Å². The summed E-state index contributed by atoms with van der Waals surface area (Å²) in [6.07, 6.45) is 5.33. The van der Waals surface area contributed by atoms with Crippen LogP contribution in [0, 0.1) is 0 Å². The number of aryl methyl sites for hydroxylation is 2. The summed E-state index contributed by atoms with van der Waals surface area (Å²) in [5.41, 5.74) is 0.467. The van der Waals surface area contributed by atoms with Crippen molar-refractivity contribution in [2.75, 3.05) is 20.6 Å². The van der Waals surface area contributed by atoms with Crippen molar-refractivity contribution in [3.8, 4) is 0 Å². The van der Waals surface area contributed by atoms with Crippen LogP contribution in [0.15, 0.2) is 46.0 Å². The zero-order chi connectivity index (χ0) is 20.3. The fraction of sp³-hybridized carbons (Fsp3) is 0.368. The molecule has 28 heavy (non-hydrogen) atoms. The van der Waals surface area contributed by atoms with Gasteiger partial charge >= 0.3 is 0 Å². The van der Waals surface area contributed by atoms with E-state index in [-0.39, 0.29) is 16.6 Å². The van der Waals surface area contributed by atoms with Crippen LogP contribution >= 0.6 is 0 Å². The van der Waals surface area contributed by atoms with Gasteiger partial charge in [0, 0.05) is 51.4 Å². The van der Waals surface area contributed by atoms with E-state index in [0.717, 1.165) is 29.5 Å². The van der Waals surface area contributed by atoms with Gasteiger partial charge in [0.05, 0.1) is 4.90 Å². The van der Waals surface area contributed by atoms with Gasteiger partial charge in [-0.25, -0.2) is 17.7 Å². The Bertz CT molecular complexity index is 1080. The number of hydrogen-bond donors (Lipinski definition) is 1. The number of benzene rings is 1. The quantitative estimate of drug-likeness (QED) is 0.581. The first-order chi connectivity index (χ1) is 13.3. The third-order valence-corrected chi connectivity index (χ3v) is 6.28. The number of carbonyl (C=O) groups is 1. The van der Waals surface area contributed by atoms with Gasteiger partial charge in [-0.3, -0.25) is 4.79 Å². The molecule has 1 amide bonds. The van der Waals surface area contributed by atoms with Crippen molar-refractivity contribution < 1.29 is 17.6 Å². The normalized spacial score (nSPS) is 12.0. The third-order valence-electron chi connectivity index (χ3n) is 4.47. The van der Waals surface area contributed by atoms with E-state index < -0.39 is 10.0 Å². The number of nitrogens with one attached hydrogen (secondary N) is 1. The van der Waals surface area contributed by atoms with E-state index in [4.69, 9.17) is 4.42 Å². The lowest BCUT2D eigenvalue weighted by atomic mass is 10.2. The maximum Gasteiger partial charge on any atom is 0.287 e. The molecule has 0 aliphatic rings. The summed E-state index contributed by atoms with van der Waals surface area (Å²) in [5, 5.41) is 3.40. The van der Waals surface area contributed by atoms with E-state index in [0.29, 0.717) is 17.5 Å². The lowest BCUT2D eigenvalue weighted by Gasteiger charge is -2.10. The highest BCUT2D eigenvalue weighted by Gasteiger charge is 2.19. The van der Waals surface area contributed by atoms with Gasteiger partial charge < -0.3 is 14.3 Å². The van der Waals surface area contributed by atoms with Gasteiger partial charge in [-0.2, -0.15) is 0 Å². The van der Waals surface area contributed by atoms with Crippen molar-refractivity contribution in [3.63, 3.8) is 0 Å². The second-order valence-corrected chi connectivity index (χ2v) is 8.75. The van der Waals surface area contributed by atoms with E-state index in [1.165, 1.54) is 26.2 Å². The molecule has 0 bridgehead atoms. The smallest absolute Gasteiger partial charge is 0.287 e. The minimum absolute atomic E-state index is 0.157. The van der Waals surface area contributed by atoms with Gasteiger partial charge in [0.1, 0.15) is 11.4 Å². The van der Waals surface area contributed by atoms with Crippen molar-refractivity contribution in [2.45, 2.75) is 31.2 Å². The molecule has 8 nitrogen and oxygen atoms in total. The first-order valence-electron chi connectivity index (χ1n) is 9.07. The highest BCUT2D eigenvalue weighted by molar-refractivity contribution is 7.89. The Balaban J connectivity index is 1.64. The van der Waals surface area contributed by atoms with Crippen molar-refractivity contribution in [3.05, 3.63) is 48.2 Å². The van der Waals surface area contributed by atoms with Crippen LogP contribution in [0.25, 0.3) is 11.0 Å². The summed E-state index contributed by atoms with van der Waals surface area (Å²) < 4.78 is 33.3. The van der Waals surface area contributed by atoms with E-state index >= 15 is 0 Å². The predicted octanol–water partition coefficient (Wildman–Crippen LogP) is 2.26. The number of nitrogens with zero attached hydrogens (tertiary/aromatic N) is 3. The topological polar surface area (TPSA) is 97.4 Å². The van der Waals surface area contributed by atoms with Gasteiger partial charge in [-0.05, 0) is 30.7 Å². The zero-order valence-corrected chi connectivity index (χ0v) is 17.0. The van der Waals surface area contributed by atoms with E-state index in [9.17, 15) is 13.2 Å². The number of sulfonamides is 1. The molecule has 9 heteroatoms. The average Bonchev–Trinajstić information content (AvgIpc) is 3.30. The summed E-state index contributed by atoms with van der Waals surface area (Å²) >= 11 is 0. The number of amides is 1. The Kier molecular flexibility index (Phi) is 5.85. The second kappa shape index (κ2) is 8.15. The SMILES string of the molecule is CCc1nccn1CCCNC(=O)c1cc2cc(S(=O)(=O)N(C)C)ccc2o1. The molecule has 0 unspecified atom stereocenters. The van der Waals surface area contributed by atoms with Crippen molar-refractivity contribution in [1.82, 2.24) is 19.2 Å². The Morgan fingerprint density at radius 1 is 1.29 bits per heavy atom. The van der Waals surface area contributed by atoms with E-state index in [1.54, 1.807) is 18.3 Å². The summed E-state index contributed by atoms with van der Waals surface area (Å²) in [6.45, 7) is 3.32. The maximum atomic E-state index is 12.3. The molecule has 1 aromatic carbocycles. The van der Waals surface area contributed by atoms with Crippen LogP contribution in [-0.4, -0.2) is 48.8 Å². The number of imidazole rings is 1.